The van der Waals surface area contributed by atoms with Crippen LogP contribution < -0.4 is 0 Å². The molecule has 0 saturated carbocycles. The molecule has 10 heteroatoms. The molecular formula is C138H92Br5N5. The second kappa shape index (κ2) is 41.9. The van der Waals surface area contributed by atoms with Crippen LogP contribution in [0, 0.1) is 0 Å². The summed E-state index contributed by atoms with van der Waals surface area (Å²) in [5.74, 6) is 0. The summed E-state index contributed by atoms with van der Waals surface area (Å²) in [7, 11) is 0. The molecule has 704 valence electrons. The van der Waals surface area contributed by atoms with E-state index in [9.17, 15) is 0 Å². The molecule has 0 amide bonds. The number of rotatable bonds is 13. The van der Waals surface area contributed by atoms with E-state index in [0.29, 0.717) is 0 Å². The maximum absolute atomic E-state index is 3.69. The van der Waals surface area contributed by atoms with Crippen LogP contribution in [0.4, 0.5) is 0 Å². The van der Waals surface area contributed by atoms with Crippen LogP contribution in [0.25, 0.3) is 226 Å². The van der Waals surface area contributed by atoms with Crippen molar-refractivity contribution in [1.29, 1.82) is 0 Å². The van der Waals surface area contributed by atoms with Crippen molar-refractivity contribution in [3.8, 4) is 117 Å². The van der Waals surface area contributed by atoms with Gasteiger partial charge < -0.3 is 22.8 Å². The molecule has 5 nitrogen and oxygen atoms in total. The predicted octanol–water partition coefficient (Wildman–Crippen LogP) is 41.1. The number of hydrogen-bond donors (Lipinski definition) is 0. The molecule has 0 bridgehead atoms. The molecule has 23 aromatic carbocycles. The SMILES string of the molecule is Brc1ccc(-c2ccc(-c3ccc4c5ccccc5n(-c5ccccc5)c4c3)cc2)cc1.Brc1ccc(-c2ccccc2-c2ccc3c4ccccc4n(-c4ccccc4)c3c2)cc1.Brc1cccc(-c2ccc3c4ccccc4n(-c4ccccc4)c3c2)c1.Brc1cccc(-c2cccc(-c3ccc4c(c3)c3ccccc3n4-c3ccccc3)c2)c1.Brc1ccccc1-c1ccc2c3ccccc3n(-c3ccccc3)c2c1. The van der Waals surface area contributed by atoms with Gasteiger partial charge in [-0.2, -0.15) is 0 Å². The summed E-state index contributed by atoms with van der Waals surface area (Å²) in [4.78, 5) is 0. The minimum atomic E-state index is 1.09. The van der Waals surface area contributed by atoms with Crippen LogP contribution in [0.5, 0.6) is 0 Å². The molecule has 0 N–H and O–H groups in total. The van der Waals surface area contributed by atoms with E-state index in [4.69, 9.17) is 0 Å². The minimum absolute atomic E-state index is 1.09. The first kappa shape index (κ1) is 93.8. The highest BCUT2D eigenvalue weighted by Crippen LogP contribution is 2.45. The van der Waals surface area contributed by atoms with Gasteiger partial charge in [0.1, 0.15) is 0 Å². The average Bonchev–Trinajstić information content (AvgIpc) is 1.61. The zero-order valence-electron chi connectivity index (χ0n) is 80.2. The topological polar surface area (TPSA) is 24.6 Å². The third kappa shape index (κ3) is 18.8. The van der Waals surface area contributed by atoms with Crippen molar-refractivity contribution in [3.63, 3.8) is 0 Å². The number of hydrogen-bond acceptors (Lipinski definition) is 0. The Balaban J connectivity index is 0.0000000991. The van der Waals surface area contributed by atoms with Crippen molar-refractivity contribution in [2.75, 3.05) is 0 Å². The number of aromatic nitrogens is 5. The van der Waals surface area contributed by atoms with Crippen LogP contribution in [0.2, 0.25) is 0 Å². The Morgan fingerprint density at radius 3 is 0.696 bits per heavy atom. The number of halogens is 5. The molecule has 0 aliphatic heterocycles. The third-order valence-electron chi connectivity index (χ3n) is 27.9. The van der Waals surface area contributed by atoms with Gasteiger partial charge in [0.15, 0.2) is 0 Å². The lowest BCUT2D eigenvalue weighted by Crippen LogP contribution is -1.93. The summed E-state index contributed by atoms with van der Waals surface area (Å²) in [6, 6.07) is 199. The Bertz CT molecular complexity index is 9750. The van der Waals surface area contributed by atoms with Gasteiger partial charge in [-0.3, -0.25) is 0 Å². The van der Waals surface area contributed by atoms with Crippen LogP contribution in [-0.2, 0) is 0 Å². The molecule has 0 saturated heterocycles. The summed E-state index contributed by atoms with van der Waals surface area (Å²) in [5, 5.41) is 12.8. The van der Waals surface area contributed by atoms with E-state index in [2.05, 4.69) is 655 Å². The fourth-order valence-corrected chi connectivity index (χ4v) is 22.9. The summed E-state index contributed by atoms with van der Waals surface area (Å²) in [6.45, 7) is 0. The van der Waals surface area contributed by atoms with Crippen LogP contribution in [-0.4, -0.2) is 22.8 Å². The van der Waals surface area contributed by atoms with Gasteiger partial charge in [-0.1, -0.05) is 450 Å². The maximum Gasteiger partial charge on any atom is 0.0547 e. The predicted molar refractivity (Wildman–Crippen MR) is 646 cm³/mol. The molecule has 148 heavy (non-hydrogen) atoms. The highest BCUT2D eigenvalue weighted by molar-refractivity contribution is 9.11. The van der Waals surface area contributed by atoms with Gasteiger partial charge in [-0.25, -0.2) is 0 Å². The Kier molecular flexibility index (Phi) is 26.5. The van der Waals surface area contributed by atoms with Crippen LogP contribution in [0.3, 0.4) is 0 Å². The molecular weight excluding hydrogens is 2130 g/mol. The highest BCUT2D eigenvalue weighted by atomic mass is 79.9. The van der Waals surface area contributed by atoms with E-state index in [1.807, 2.05) is 6.07 Å². The monoisotopic (exact) mass is 2210 g/mol. The average molecular weight is 2220 g/mol. The third-order valence-corrected chi connectivity index (χ3v) is 30.7. The Morgan fingerprint density at radius 2 is 0.331 bits per heavy atom. The quantitative estimate of drug-likeness (QED) is 0.110. The number of nitrogens with zero attached hydrogens (tertiary/aromatic N) is 5. The Hall–Kier alpha value is -16.5. The van der Waals surface area contributed by atoms with E-state index in [-0.39, 0.29) is 0 Å². The maximum atomic E-state index is 3.69. The lowest BCUT2D eigenvalue weighted by atomic mass is 9.94. The molecule has 0 spiro atoms. The van der Waals surface area contributed by atoms with Gasteiger partial charge in [0.2, 0.25) is 0 Å². The lowest BCUT2D eigenvalue weighted by molar-refractivity contribution is 1.18. The van der Waals surface area contributed by atoms with E-state index >= 15 is 0 Å². The summed E-state index contributed by atoms with van der Waals surface area (Å²) >= 11 is 17.9. The molecule has 0 aliphatic carbocycles. The molecule has 0 unspecified atom stereocenters. The zero-order valence-corrected chi connectivity index (χ0v) is 88.2. The highest BCUT2D eigenvalue weighted by Gasteiger charge is 2.22. The molecule has 5 aromatic heterocycles. The van der Waals surface area contributed by atoms with Gasteiger partial charge in [0.25, 0.3) is 0 Å². The van der Waals surface area contributed by atoms with Gasteiger partial charge in [0.05, 0.1) is 55.2 Å². The fraction of sp³-hybridized carbons (Fsp3) is 0. The molecule has 28 aromatic rings. The van der Waals surface area contributed by atoms with Crippen molar-refractivity contribution in [2.24, 2.45) is 0 Å². The molecule has 0 radical (unpaired) electrons. The van der Waals surface area contributed by atoms with Crippen LogP contribution in [0.15, 0.2) is 580 Å². The molecule has 0 fully saturated rings. The van der Waals surface area contributed by atoms with Crippen molar-refractivity contribution in [2.45, 2.75) is 0 Å². The van der Waals surface area contributed by atoms with Crippen molar-refractivity contribution in [1.82, 2.24) is 22.8 Å². The Labute approximate surface area is 901 Å². The van der Waals surface area contributed by atoms with E-state index < -0.39 is 0 Å². The van der Waals surface area contributed by atoms with Gasteiger partial charge in [-0.15, -0.1) is 0 Å². The van der Waals surface area contributed by atoms with Gasteiger partial charge in [0, 0.05) is 105 Å². The number of para-hydroxylation sites is 10. The summed E-state index contributed by atoms with van der Waals surface area (Å²) in [6.07, 6.45) is 0. The molecule has 28 rings (SSSR count). The van der Waals surface area contributed by atoms with E-state index in [0.717, 1.165) is 22.4 Å². The first-order chi connectivity index (χ1) is 73.0. The van der Waals surface area contributed by atoms with Crippen LogP contribution >= 0.6 is 79.6 Å². The summed E-state index contributed by atoms with van der Waals surface area (Å²) < 4.78 is 17.3. The smallest absolute Gasteiger partial charge is 0.0547 e. The number of fused-ring (bicyclic) bond motifs is 15. The molecule has 0 aliphatic rings. The van der Waals surface area contributed by atoms with Gasteiger partial charge >= 0.3 is 0 Å². The molecule has 5 heterocycles. The first-order valence-electron chi connectivity index (χ1n) is 49.5. The second-order valence-electron chi connectivity index (χ2n) is 36.8. The Morgan fingerprint density at radius 1 is 0.108 bits per heavy atom. The second-order valence-corrected chi connectivity index (χ2v) is 41.3. The lowest BCUT2D eigenvalue weighted by Gasteiger charge is -2.12. The summed E-state index contributed by atoms with van der Waals surface area (Å²) in [5.41, 5.74) is 37.7. The first-order valence-corrected chi connectivity index (χ1v) is 53.5. The van der Waals surface area contributed by atoms with E-state index in [1.165, 1.54) is 226 Å². The van der Waals surface area contributed by atoms with Crippen molar-refractivity contribution >= 4 is 189 Å². The minimum Gasteiger partial charge on any atom is -0.309 e. The number of benzene rings is 23. The van der Waals surface area contributed by atoms with Crippen molar-refractivity contribution in [3.05, 3.63) is 580 Å². The van der Waals surface area contributed by atoms with E-state index in [1.54, 1.807) is 0 Å². The van der Waals surface area contributed by atoms with Crippen LogP contribution in [0.1, 0.15) is 0 Å². The zero-order chi connectivity index (χ0) is 99.5. The largest absolute Gasteiger partial charge is 0.309 e. The van der Waals surface area contributed by atoms with Gasteiger partial charge in [-0.05, 0) is 277 Å². The van der Waals surface area contributed by atoms with Crippen molar-refractivity contribution < 1.29 is 0 Å². The fourth-order valence-electron chi connectivity index (χ4n) is 21.0. The normalized spacial score (nSPS) is 11.3. The standard InChI is InChI=1S/3C30H20BrN.2C24H16BrN/c31-25-11-7-10-23(19-25)21-8-6-9-22(18-21)24-16-17-30-28(20-24)27-14-4-5-15-29(27)32(30)26-12-2-1-3-13-26;31-23-17-14-21(15-18-23)25-10-4-5-11-26(25)22-16-19-28-27-12-6-7-13-29(27)32(30(28)20-22)24-8-2-1-3-9-24;31-25-17-14-22(15-18-25)21-10-12-23(13-11-21)24-16-19-28-27-8-4-5-9-29(27)32(30(28)20-24)26-6-2-1-3-7-26;25-22-12-6-4-10-19(22)17-14-15-21-20-11-5-7-13-23(20)26(24(21)16-17)18-8-2-1-3-9-18;25-19-8-6-7-17(15-19)18-13-14-22-21-11-4-5-12-23(21)26(24(22)16-18)20-9-2-1-3-10-20/h3*1-20H;2*1-16H. The molecule has 0 atom stereocenters.